The van der Waals surface area contributed by atoms with Crippen LogP contribution in [0.25, 0.3) is 10.6 Å². The number of aromatic nitrogens is 2. The molecule has 0 bridgehead atoms. The predicted octanol–water partition coefficient (Wildman–Crippen LogP) is 1.55. The number of ether oxygens (including phenoxy) is 2. The number of hydrogen-bond acceptors (Lipinski definition) is 9. The Morgan fingerprint density at radius 1 is 1.24 bits per heavy atom. The summed E-state index contributed by atoms with van der Waals surface area (Å²) in [4.78, 5) is 40.0. The molecule has 3 aliphatic heterocycles. The summed E-state index contributed by atoms with van der Waals surface area (Å²) in [5.41, 5.74) is -0.606. The number of morpholine rings is 1. The summed E-state index contributed by atoms with van der Waals surface area (Å²) in [5, 5.41) is 13.7. The maximum Gasteiger partial charge on any atom is 0.328 e. The minimum atomic E-state index is -1.68. The molecule has 33 heavy (non-hydrogen) atoms. The molecule has 2 aromatic rings. The first-order chi connectivity index (χ1) is 15.7. The molecule has 5 rings (SSSR count). The highest BCUT2D eigenvalue weighted by molar-refractivity contribution is 7.14. The van der Waals surface area contributed by atoms with Gasteiger partial charge < -0.3 is 14.4 Å². The molecule has 4 heterocycles. The van der Waals surface area contributed by atoms with Crippen molar-refractivity contribution in [3.63, 3.8) is 0 Å². The standard InChI is InChI=1S/C21H22FN5O5S/c1-8-7-27-14-11(5-12(15(31-4)13(14)22)17-26-25-10(3)33-17)6-21(16(27)9(2)32-8)18(28)23-20(30)24-19(21)29/h5,8-9,16H,6-7H2,1-4H3,(H2,23,24,28,29,30)/t8-,9+,16?/m0/s1. The number of carbonyl (C=O) groups excluding carboxylic acids is 3. The van der Waals surface area contributed by atoms with Crippen molar-refractivity contribution in [3.8, 4) is 16.3 Å². The van der Waals surface area contributed by atoms with Gasteiger partial charge in [0.05, 0.1) is 36.6 Å². The summed E-state index contributed by atoms with van der Waals surface area (Å²) in [6.45, 7) is 5.61. The average Bonchev–Trinajstić information content (AvgIpc) is 3.17. The number of methoxy groups -OCH3 is 1. The highest BCUT2D eigenvalue weighted by Crippen LogP contribution is 2.51. The molecule has 0 aliphatic carbocycles. The Morgan fingerprint density at radius 2 is 1.94 bits per heavy atom. The van der Waals surface area contributed by atoms with Crippen LogP contribution in [0.4, 0.5) is 14.9 Å². The number of fused-ring (bicyclic) bond motifs is 4. The van der Waals surface area contributed by atoms with Gasteiger partial charge in [0, 0.05) is 13.0 Å². The molecule has 12 heteroatoms. The summed E-state index contributed by atoms with van der Waals surface area (Å²) in [6, 6.07) is -0.0171. The topological polar surface area (TPSA) is 123 Å². The monoisotopic (exact) mass is 475 g/mol. The van der Waals surface area contributed by atoms with Gasteiger partial charge in [0.1, 0.15) is 5.01 Å². The van der Waals surface area contributed by atoms with E-state index in [4.69, 9.17) is 9.47 Å². The fourth-order valence-electron chi connectivity index (χ4n) is 5.31. The van der Waals surface area contributed by atoms with E-state index in [1.807, 2.05) is 6.92 Å². The number of anilines is 1. The second-order valence-electron chi connectivity index (χ2n) is 8.54. The maximum atomic E-state index is 16.0. The van der Waals surface area contributed by atoms with E-state index < -0.39 is 41.2 Å². The fraction of sp³-hybridized carbons (Fsp3) is 0.476. The number of hydrogen-bond donors (Lipinski definition) is 2. The molecule has 1 aromatic carbocycles. The molecule has 1 spiro atoms. The second-order valence-corrected chi connectivity index (χ2v) is 9.72. The Kier molecular flexibility index (Phi) is 4.90. The van der Waals surface area contributed by atoms with Gasteiger partial charge in [0.15, 0.2) is 22.0 Å². The molecule has 1 unspecified atom stereocenters. The molecule has 10 nitrogen and oxygen atoms in total. The lowest BCUT2D eigenvalue weighted by Gasteiger charge is -2.55. The summed E-state index contributed by atoms with van der Waals surface area (Å²) in [7, 11) is 1.38. The SMILES string of the molecule is COc1c(-c2nnc(C)s2)cc2c(c1F)N1C[C@H](C)O[C@H](C)C1C1(C2)C(=O)NC(=O)NC1=O. The predicted molar refractivity (Wildman–Crippen MR) is 116 cm³/mol. The van der Waals surface area contributed by atoms with Crippen LogP contribution in [-0.2, 0) is 20.7 Å². The number of rotatable bonds is 2. The molecule has 4 amide bonds. The van der Waals surface area contributed by atoms with Gasteiger partial charge in [0.2, 0.25) is 11.8 Å². The lowest BCUT2D eigenvalue weighted by atomic mass is 9.66. The van der Waals surface area contributed by atoms with E-state index in [0.717, 1.165) is 0 Å². The molecule has 2 saturated heterocycles. The summed E-state index contributed by atoms with van der Waals surface area (Å²) in [5.74, 6) is -2.05. The van der Waals surface area contributed by atoms with Crippen molar-refractivity contribution in [3.05, 3.63) is 22.5 Å². The minimum Gasteiger partial charge on any atom is -0.493 e. The van der Waals surface area contributed by atoms with Crippen LogP contribution in [0.15, 0.2) is 6.07 Å². The van der Waals surface area contributed by atoms with Crippen LogP contribution in [0.5, 0.6) is 5.75 Å². The fourth-order valence-corrected chi connectivity index (χ4v) is 6.01. The first-order valence-corrected chi connectivity index (χ1v) is 11.3. The molecule has 0 radical (unpaired) electrons. The zero-order valence-corrected chi connectivity index (χ0v) is 19.2. The molecular formula is C21H22FN5O5S. The minimum absolute atomic E-state index is 0.0131. The van der Waals surface area contributed by atoms with Crippen LogP contribution in [0.1, 0.15) is 24.4 Å². The lowest BCUT2D eigenvalue weighted by molar-refractivity contribution is -0.153. The largest absolute Gasteiger partial charge is 0.493 e. The van der Waals surface area contributed by atoms with Crippen LogP contribution in [0, 0.1) is 18.2 Å². The highest BCUT2D eigenvalue weighted by Gasteiger charge is 2.63. The second kappa shape index (κ2) is 7.45. The molecule has 174 valence electrons. The zero-order chi connectivity index (χ0) is 23.7. The van der Waals surface area contributed by atoms with Crippen LogP contribution < -0.4 is 20.3 Å². The number of aryl methyl sites for hydroxylation is 1. The van der Waals surface area contributed by atoms with E-state index in [0.29, 0.717) is 21.1 Å². The van der Waals surface area contributed by atoms with Crippen molar-refractivity contribution in [1.29, 1.82) is 0 Å². The van der Waals surface area contributed by atoms with Gasteiger partial charge >= 0.3 is 6.03 Å². The van der Waals surface area contributed by atoms with E-state index in [9.17, 15) is 14.4 Å². The molecular weight excluding hydrogens is 453 g/mol. The van der Waals surface area contributed by atoms with Gasteiger partial charge in [0.25, 0.3) is 0 Å². The third-order valence-electron chi connectivity index (χ3n) is 6.44. The van der Waals surface area contributed by atoms with Crippen LogP contribution in [-0.4, -0.2) is 59.9 Å². The van der Waals surface area contributed by atoms with Crippen molar-refractivity contribution in [2.24, 2.45) is 5.41 Å². The van der Waals surface area contributed by atoms with Gasteiger partial charge in [-0.05, 0) is 32.4 Å². The van der Waals surface area contributed by atoms with Gasteiger partial charge in [-0.15, -0.1) is 10.2 Å². The van der Waals surface area contributed by atoms with E-state index >= 15 is 4.39 Å². The average molecular weight is 476 g/mol. The molecule has 0 saturated carbocycles. The Labute approximate surface area is 192 Å². The molecule has 1 aromatic heterocycles. The Balaban J connectivity index is 1.77. The van der Waals surface area contributed by atoms with Crippen molar-refractivity contribution >= 4 is 34.9 Å². The third kappa shape index (κ3) is 3.04. The number of halogens is 1. The summed E-state index contributed by atoms with van der Waals surface area (Å²) in [6.07, 6.45) is -1.00. The smallest absolute Gasteiger partial charge is 0.328 e. The first-order valence-electron chi connectivity index (χ1n) is 10.5. The van der Waals surface area contributed by atoms with E-state index in [2.05, 4.69) is 20.8 Å². The normalized spacial score (nSPS) is 25.9. The highest BCUT2D eigenvalue weighted by atomic mass is 32.1. The van der Waals surface area contributed by atoms with Crippen molar-refractivity contribution in [1.82, 2.24) is 20.8 Å². The third-order valence-corrected chi connectivity index (χ3v) is 7.31. The van der Waals surface area contributed by atoms with Gasteiger partial charge in [-0.1, -0.05) is 11.3 Å². The number of imide groups is 2. The number of benzene rings is 1. The Hall–Kier alpha value is -3.12. The number of nitrogens with zero attached hydrogens (tertiary/aromatic N) is 3. The quantitative estimate of drug-likeness (QED) is 0.628. The van der Waals surface area contributed by atoms with E-state index in [1.165, 1.54) is 18.4 Å². The summed E-state index contributed by atoms with van der Waals surface area (Å²) >= 11 is 1.28. The first kappa shape index (κ1) is 21.7. The summed E-state index contributed by atoms with van der Waals surface area (Å²) < 4.78 is 27.4. The maximum absolute atomic E-state index is 16.0. The van der Waals surface area contributed by atoms with Crippen molar-refractivity contribution in [2.75, 3.05) is 18.6 Å². The Morgan fingerprint density at radius 3 is 2.55 bits per heavy atom. The molecule has 3 atom stereocenters. The van der Waals surface area contributed by atoms with Crippen LogP contribution in [0.3, 0.4) is 0 Å². The number of carbonyl (C=O) groups is 3. The molecule has 2 N–H and O–H groups in total. The van der Waals surface area contributed by atoms with Crippen molar-refractivity contribution < 1.29 is 28.2 Å². The van der Waals surface area contributed by atoms with E-state index in [-0.39, 0.29) is 30.5 Å². The van der Waals surface area contributed by atoms with Crippen LogP contribution in [0.2, 0.25) is 0 Å². The number of barbiturate groups is 1. The van der Waals surface area contributed by atoms with Crippen LogP contribution >= 0.6 is 11.3 Å². The number of urea groups is 1. The van der Waals surface area contributed by atoms with Gasteiger partial charge in [-0.3, -0.25) is 20.2 Å². The van der Waals surface area contributed by atoms with Gasteiger partial charge in [-0.2, -0.15) is 0 Å². The van der Waals surface area contributed by atoms with Crippen molar-refractivity contribution in [2.45, 2.75) is 45.4 Å². The Bertz CT molecular complexity index is 1180. The van der Waals surface area contributed by atoms with E-state index in [1.54, 1.807) is 24.8 Å². The lowest BCUT2D eigenvalue weighted by Crippen LogP contribution is -2.75. The number of amides is 4. The zero-order valence-electron chi connectivity index (χ0n) is 18.4. The van der Waals surface area contributed by atoms with Gasteiger partial charge in [-0.25, -0.2) is 9.18 Å². The number of nitrogens with one attached hydrogen (secondary N) is 2. The molecule has 3 aliphatic rings. The molecule has 2 fully saturated rings.